The number of amides is 1. The maximum atomic E-state index is 13.6. The number of fused-ring (bicyclic) bond motifs is 2. The van der Waals surface area contributed by atoms with Gasteiger partial charge in [0.05, 0.1) is 16.7 Å². The van der Waals surface area contributed by atoms with E-state index in [-0.39, 0.29) is 24.2 Å². The van der Waals surface area contributed by atoms with E-state index in [4.69, 9.17) is 4.74 Å². The summed E-state index contributed by atoms with van der Waals surface area (Å²) in [5, 5.41) is 5.92. The van der Waals surface area contributed by atoms with Gasteiger partial charge in [0, 0.05) is 51.3 Å². The molecule has 1 unspecified atom stereocenters. The maximum Gasteiger partial charge on any atom is 0.433 e. The van der Waals surface area contributed by atoms with Gasteiger partial charge >= 0.3 is 6.18 Å². The number of hydrogen-bond donors (Lipinski definition) is 2. The largest absolute Gasteiger partial charge is 0.457 e. The summed E-state index contributed by atoms with van der Waals surface area (Å²) in [7, 11) is 1.83. The fraction of sp³-hybridized carbons (Fsp3) is 0.333. The van der Waals surface area contributed by atoms with E-state index in [1.165, 1.54) is 24.6 Å². The molecular formula is C24H24F3N7O2. The van der Waals surface area contributed by atoms with Gasteiger partial charge in [0.25, 0.3) is 0 Å². The first-order valence-electron chi connectivity index (χ1n) is 11.4. The minimum absolute atomic E-state index is 0.00630. The van der Waals surface area contributed by atoms with Crippen molar-refractivity contribution in [2.24, 2.45) is 7.05 Å². The number of hydrogen-bond acceptors (Lipinski definition) is 6. The maximum absolute atomic E-state index is 13.6. The van der Waals surface area contributed by atoms with Crippen LogP contribution in [0.1, 0.15) is 30.6 Å². The van der Waals surface area contributed by atoms with Gasteiger partial charge < -0.3 is 24.5 Å². The van der Waals surface area contributed by atoms with Crippen molar-refractivity contribution in [2.45, 2.75) is 45.5 Å². The van der Waals surface area contributed by atoms with Crippen molar-refractivity contribution < 1.29 is 22.7 Å². The van der Waals surface area contributed by atoms with Gasteiger partial charge in [-0.25, -0.2) is 15.0 Å². The molecular weight excluding hydrogens is 475 g/mol. The zero-order chi connectivity index (χ0) is 25.6. The highest BCUT2D eigenvalue weighted by atomic mass is 19.4. The Labute approximate surface area is 204 Å². The average Bonchev–Trinajstić information content (AvgIpc) is 3.29. The summed E-state index contributed by atoms with van der Waals surface area (Å²) in [6.07, 6.45) is -1.83. The summed E-state index contributed by atoms with van der Waals surface area (Å²) in [5.74, 6) is 2.22. The fourth-order valence-electron chi connectivity index (χ4n) is 4.51. The molecule has 188 valence electrons. The lowest BCUT2D eigenvalue weighted by Crippen LogP contribution is -2.34. The van der Waals surface area contributed by atoms with Crippen molar-refractivity contribution in [1.82, 2.24) is 24.1 Å². The Balaban J connectivity index is 1.35. The topological polar surface area (TPSA) is 98.9 Å². The van der Waals surface area contributed by atoms with E-state index < -0.39 is 11.9 Å². The minimum Gasteiger partial charge on any atom is -0.457 e. The number of anilines is 2. The second-order valence-corrected chi connectivity index (χ2v) is 8.76. The van der Waals surface area contributed by atoms with E-state index in [1.807, 2.05) is 23.7 Å². The molecule has 0 radical (unpaired) electrons. The molecule has 12 heteroatoms. The standard InChI is InChI=1S/C24H24F3N7O2/c1-13-22(24(25,26)27)34-12-15(4-7-21(34)29-13)31-23-32-18-6-5-16(10-19(18)33(23)3)36-17-8-9-28-20(11-17)30-14(2)35/h5-6,8-11,15H,4,7,12H2,1-3H3,(H,31,32)(H,28,30,35). The molecule has 4 heterocycles. The molecule has 4 aromatic rings. The molecule has 9 nitrogen and oxygen atoms in total. The van der Waals surface area contributed by atoms with E-state index in [1.54, 1.807) is 18.2 Å². The number of pyridine rings is 1. The molecule has 0 aliphatic carbocycles. The first-order valence-corrected chi connectivity index (χ1v) is 11.4. The van der Waals surface area contributed by atoms with Crippen LogP contribution in [0.15, 0.2) is 36.5 Å². The first kappa shape index (κ1) is 23.6. The van der Waals surface area contributed by atoms with Gasteiger partial charge in [-0.1, -0.05) is 0 Å². The van der Waals surface area contributed by atoms with Crippen molar-refractivity contribution in [3.8, 4) is 11.5 Å². The molecule has 1 aromatic carbocycles. The van der Waals surface area contributed by atoms with E-state index >= 15 is 0 Å². The zero-order valence-corrected chi connectivity index (χ0v) is 19.8. The molecule has 0 bridgehead atoms. The number of ether oxygens (including phenoxy) is 1. The highest BCUT2D eigenvalue weighted by Crippen LogP contribution is 2.35. The lowest BCUT2D eigenvalue weighted by molar-refractivity contribution is -0.144. The van der Waals surface area contributed by atoms with E-state index in [0.29, 0.717) is 47.4 Å². The molecule has 1 amide bonds. The van der Waals surface area contributed by atoms with Crippen molar-refractivity contribution in [1.29, 1.82) is 0 Å². The Hall–Kier alpha value is -4.09. The van der Waals surface area contributed by atoms with Gasteiger partial charge in [-0.05, 0) is 31.5 Å². The predicted molar refractivity (Wildman–Crippen MR) is 127 cm³/mol. The van der Waals surface area contributed by atoms with E-state index in [9.17, 15) is 18.0 Å². The van der Waals surface area contributed by atoms with Crippen molar-refractivity contribution in [3.63, 3.8) is 0 Å². The Kier molecular flexibility index (Phi) is 5.81. The van der Waals surface area contributed by atoms with Crippen LogP contribution in [0.25, 0.3) is 11.0 Å². The number of rotatable bonds is 5. The highest BCUT2D eigenvalue weighted by molar-refractivity contribution is 5.87. The second-order valence-electron chi connectivity index (χ2n) is 8.76. The van der Waals surface area contributed by atoms with Crippen molar-refractivity contribution >= 4 is 28.7 Å². The van der Waals surface area contributed by atoms with Crippen molar-refractivity contribution in [2.75, 3.05) is 10.6 Å². The number of aromatic nitrogens is 5. The quantitative estimate of drug-likeness (QED) is 0.414. The molecule has 0 spiro atoms. The second kappa shape index (κ2) is 8.85. The van der Waals surface area contributed by atoms with Gasteiger partial charge in [0.2, 0.25) is 11.9 Å². The molecule has 0 fully saturated rings. The Morgan fingerprint density at radius 3 is 2.69 bits per heavy atom. The van der Waals surface area contributed by atoms with Gasteiger partial charge in [0.15, 0.2) is 0 Å². The number of nitrogens with zero attached hydrogens (tertiary/aromatic N) is 5. The molecule has 0 saturated heterocycles. The SMILES string of the molecule is CC(=O)Nc1cc(Oc2ccc3nc(NC4CCc5nc(C)c(C(F)(F)F)n5C4)n(C)c3c2)ccn1. The zero-order valence-electron chi connectivity index (χ0n) is 19.8. The smallest absolute Gasteiger partial charge is 0.433 e. The van der Waals surface area contributed by atoms with Crippen LogP contribution in [-0.4, -0.2) is 36.0 Å². The van der Waals surface area contributed by atoms with E-state index in [2.05, 4.69) is 25.6 Å². The van der Waals surface area contributed by atoms with E-state index in [0.717, 1.165) is 5.52 Å². The number of alkyl halides is 3. The third kappa shape index (κ3) is 4.58. The van der Waals surface area contributed by atoms with Crippen LogP contribution in [0.2, 0.25) is 0 Å². The molecule has 1 aliphatic rings. The Morgan fingerprint density at radius 2 is 1.94 bits per heavy atom. The number of halogens is 3. The summed E-state index contributed by atoms with van der Waals surface area (Å²) in [6.45, 7) is 2.95. The van der Waals surface area contributed by atoms with Gasteiger partial charge in [0.1, 0.15) is 28.8 Å². The normalized spacial score (nSPS) is 15.6. The molecule has 3 aromatic heterocycles. The van der Waals surface area contributed by atoms with Crippen molar-refractivity contribution in [3.05, 3.63) is 53.7 Å². The number of carbonyl (C=O) groups excluding carboxylic acids is 1. The number of nitrogens with one attached hydrogen (secondary N) is 2. The number of carbonyl (C=O) groups is 1. The van der Waals surface area contributed by atoms with Crippen LogP contribution in [-0.2, 0) is 31.0 Å². The predicted octanol–water partition coefficient (Wildman–Crippen LogP) is 4.67. The summed E-state index contributed by atoms with van der Waals surface area (Å²) < 4.78 is 49.8. The average molecular weight is 499 g/mol. The molecule has 2 N–H and O–H groups in total. The van der Waals surface area contributed by atoms with Crippen LogP contribution in [0.3, 0.4) is 0 Å². The van der Waals surface area contributed by atoms with Crippen LogP contribution >= 0.6 is 0 Å². The summed E-state index contributed by atoms with van der Waals surface area (Å²) >= 11 is 0. The monoisotopic (exact) mass is 499 g/mol. The van der Waals surface area contributed by atoms with Crippen LogP contribution in [0.5, 0.6) is 11.5 Å². The molecule has 1 aliphatic heterocycles. The fourth-order valence-corrected chi connectivity index (χ4v) is 4.51. The minimum atomic E-state index is -4.46. The van der Waals surface area contributed by atoms with Gasteiger partial charge in [-0.3, -0.25) is 4.79 Å². The third-order valence-electron chi connectivity index (χ3n) is 6.07. The Bertz CT molecular complexity index is 1460. The summed E-state index contributed by atoms with van der Waals surface area (Å²) in [4.78, 5) is 24.1. The number of imidazole rings is 2. The molecule has 0 saturated carbocycles. The lowest BCUT2D eigenvalue weighted by atomic mass is 10.1. The molecule has 5 rings (SSSR count). The third-order valence-corrected chi connectivity index (χ3v) is 6.07. The van der Waals surface area contributed by atoms with Crippen LogP contribution in [0.4, 0.5) is 24.9 Å². The highest BCUT2D eigenvalue weighted by Gasteiger charge is 2.40. The lowest BCUT2D eigenvalue weighted by Gasteiger charge is -2.27. The first-order chi connectivity index (χ1) is 17.1. The Morgan fingerprint density at radius 1 is 1.17 bits per heavy atom. The number of aryl methyl sites for hydroxylation is 3. The van der Waals surface area contributed by atoms with Crippen LogP contribution in [0, 0.1) is 6.92 Å². The summed E-state index contributed by atoms with van der Waals surface area (Å²) in [5.41, 5.74) is 0.824. The molecule has 36 heavy (non-hydrogen) atoms. The van der Waals surface area contributed by atoms with Gasteiger partial charge in [-0.15, -0.1) is 0 Å². The number of benzene rings is 1. The van der Waals surface area contributed by atoms with Crippen LogP contribution < -0.4 is 15.4 Å². The van der Waals surface area contributed by atoms with Gasteiger partial charge in [-0.2, -0.15) is 13.2 Å². The molecule has 1 atom stereocenters. The summed E-state index contributed by atoms with van der Waals surface area (Å²) in [6, 6.07) is 8.47.